The zero-order valence-corrected chi connectivity index (χ0v) is 36.9. The lowest BCUT2D eigenvalue weighted by molar-refractivity contribution is 0.112. The summed E-state index contributed by atoms with van der Waals surface area (Å²) in [6.45, 7) is 28.7. The summed E-state index contributed by atoms with van der Waals surface area (Å²) >= 11 is 11.5. The van der Waals surface area contributed by atoms with Crippen LogP contribution in [0.15, 0.2) is 99.6 Å². The molecular formula is C45H63ClOS3. The van der Waals surface area contributed by atoms with Crippen molar-refractivity contribution >= 4 is 53.2 Å². The Labute approximate surface area is 324 Å². The molecule has 0 amide bonds. The zero-order valence-electron chi connectivity index (χ0n) is 33.7. The second-order valence-electron chi connectivity index (χ2n) is 16.5. The first-order valence-corrected chi connectivity index (χ1v) is 21.2. The molecule has 0 aromatic heterocycles. The third-order valence-corrected chi connectivity index (χ3v) is 10.6. The first kappa shape index (κ1) is 45.9. The molecule has 0 saturated heterocycles. The molecule has 4 rings (SSSR count). The van der Waals surface area contributed by atoms with E-state index < -0.39 is 0 Å². The van der Waals surface area contributed by atoms with Gasteiger partial charge in [-0.15, -0.1) is 35.3 Å². The average Bonchev–Trinajstić information content (AvgIpc) is 3.03. The van der Waals surface area contributed by atoms with E-state index in [1.54, 1.807) is 35.3 Å². The van der Waals surface area contributed by atoms with E-state index in [0.29, 0.717) is 0 Å². The second kappa shape index (κ2) is 20.2. The highest BCUT2D eigenvalue weighted by molar-refractivity contribution is 7.99. The fourth-order valence-corrected chi connectivity index (χ4v) is 6.86. The van der Waals surface area contributed by atoms with E-state index in [4.69, 9.17) is 11.6 Å². The van der Waals surface area contributed by atoms with Crippen molar-refractivity contribution in [2.75, 3.05) is 18.8 Å². The van der Waals surface area contributed by atoms with Crippen molar-refractivity contribution in [2.24, 2.45) is 0 Å². The smallest absolute Gasteiger partial charge is 0.150 e. The first-order chi connectivity index (χ1) is 23.0. The number of thioether (sulfide) groups is 3. The van der Waals surface area contributed by atoms with E-state index >= 15 is 0 Å². The van der Waals surface area contributed by atoms with Crippen LogP contribution < -0.4 is 0 Å². The van der Waals surface area contributed by atoms with E-state index in [9.17, 15) is 4.79 Å². The van der Waals surface area contributed by atoms with Crippen LogP contribution in [-0.4, -0.2) is 25.1 Å². The summed E-state index contributed by atoms with van der Waals surface area (Å²) in [5.41, 5.74) is 8.31. The van der Waals surface area contributed by atoms with Crippen LogP contribution >= 0.6 is 46.9 Å². The SMILES string of the molecule is CC(C)(C)c1ccc(C=O)cc1.CSc1ccc(C(C)(C)C)c(C)c1.CSc1ccc(C(C)(C)C)c(Cl)c1.CSc1ccc(C(C)(C)C)cc1. The summed E-state index contributed by atoms with van der Waals surface area (Å²) < 4.78 is 0. The second-order valence-corrected chi connectivity index (χ2v) is 19.5. The van der Waals surface area contributed by atoms with E-state index in [2.05, 4.69) is 163 Å². The number of hydrogen-bond acceptors (Lipinski definition) is 4. The summed E-state index contributed by atoms with van der Waals surface area (Å²) in [7, 11) is 0. The Morgan fingerprint density at radius 1 is 0.480 bits per heavy atom. The molecule has 0 fully saturated rings. The van der Waals surface area contributed by atoms with E-state index in [-0.39, 0.29) is 21.7 Å². The van der Waals surface area contributed by atoms with E-state index in [1.165, 1.54) is 42.5 Å². The van der Waals surface area contributed by atoms with Gasteiger partial charge in [0.05, 0.1) is 0 Å². The highest BCUT2D eigenvalue weighted by Crippen LogP contribution is 2.32. The van der Waals surface area contributed by atoms with Crippen LogP contribution in [0.3, 0.4) is 0 Å². The maximum absolute atomic E-state index is 10.4. The highest BCUT2D eigenvalue weighted by Gasteiger charge is 2.18. The van der Waals surface area contributed by atoms with Gasteiger partial charge < -0.3 is 0 Å². The van der Waals surface area contributed by atoms with Crippen LogP contribution in [0.25, 0.3) is 0 Å². The van der Waals surface area contributed by atoms with Crippen LogP contribution in [0.5, 0.6) is 0 Å². The minimum atomic E-state index is 0.133. The van der Waals surface area contributed by atoms with Gasteiger partial charge in [-0.3, -0.25) is 4.79 Å². The molecule has 0 spiro atoms. The van der Waals surface area contributed by atoms with Crippen LogP contribution in [0.1, 0.15) is 121 Å². The van der Waals surface area contributed by atoms with Gasteiger partial charge in [-0.25, -0.2) is 0 Å². The summed E-state index contributed by atoms with van der Waals surface area (Å²) in [5.74, 6) is 0. The van der Waals surface area contributed by atoms with E-state index in [1.807, 2.05) is 30.3 Å². The lowest BCUT2D eigenvalue weighted by Crippen LogP contribution is -2.12. The van der Waals surface area contributed by atoms with Crippen molar-refractivity contribution in [3.05, 3.63) is 123 Å². The largest absolute Gasteiger partial charge is 0.298 e. The molecule has 50 heavy (non-hydrogen) atoms. The lowest BCUT2D eigenvalue weighted by atomic mass is 9.84. The molecule has 1 nitrogen and oxygen atoms in total. The molecule has 0 radical (unpaired) electrons. The van der Waals surface area contributed by atoms with Gasteiger partial charge in [0.2, 0.25) is 0 Å². The van der Waals surface area contributed by atoms with Crippen LogP contribution in [-0.2, 0) is 21.7 Å². The van der Waals surface area contributed by atoms with Gasteiger partial charge in [-0.05, 0) is 112 Å². The van der Waals surface area contributed by atoms with Crippen molar-refractivity contribution in [3.8, 4) is 0 Å². The van der Waals surface area contributed by atoms with Gasteiger partial charge in [0.1, 0.15) is 6.29 Å². The fraction of sp³-hybridized carbons (Fsp3) is 0.444. The third kappa shape index (κ3) is 16.1. The van der Waals surface area contributed by atoms with Crippen molar-refractivity contribution in [1.82, 2.24) is 0 Å². The van der Waals surface area contributed by atoms with Gasteiger partial charge in [0.15, 0.2) is 0 Å². The molecule has 0 N–H and O–H groups in total. The summed E-state index contributed by atoms with van der Waals surface area (Å²) in [5, 5.41) is 0.874. The molecule has 4 aromatic rings. The topological polar surface area (TPSA) is 17.1 Å². The Morgan fingerprint density at radius 3 is 1.16 bits per heavy atom. The molecule has 274 valence electrons. The number of carbonyl (C=O) groups is 1. The maximum Gasteiger partial charge on any atom is 0.150 e. The number of carbonyl (C=O) groups excluding carboxylic acids is 1. The predicted molar refractivity (Wildman–Crippen MR) is 231 cm³/mol. The summed E-state index contributed by atoms with van der Waals surface area (Å²) in [6, 6.07) is 29.5. The predicted octanol–water partition coefficient (Wildman–Crippen LogP) is 14.9. The summed E-state index contributed by atoms with van der Waals surface area (Å²) in [6.07, 6.45) is 7.15. The molecule has 0 saturated carbocycles. The Balaban J connectivity index is 0.000000334. The number of aryl methyl sites for hydroxylation is 1. The Morgan fingerprint density at radius 2 is 0.840 bits per heavy atom. The minimum absolute atomic E-state index is 0.133. The third-order valence-electron chi connectivity index (χ3n) is 8.09. The van der Waals surface area contributed by atoms with Crippen molar-refractivity contribution < 1.29 is 4.79 Å². The van der Waals surface area contributed by atoms with Crippen LogP contribution in [0.2, 0.25) is 5.02 Å². The molecular weight excluding hydrogens is 688 g/mol. The number of aldehydes is 1. The number of rotatable bonds is 4. The van der Waals surface area contributed by atoms with Gasteiger partial charge in [0.25, 0.3) is 0 Å². The Kier molecular flexibility index (Phi) is 18.6. The molecule has 0 heterocycles. The van der Waals surface area contributed by atoms with Crippen LogP contribution in [0, 0.1) is 6.92 Å². The van der Waals surface area contributed by atoms with Crippen molar-refractivity contribution in [1.29, 1.82) is 0 Å². The van der Waals surface area contributed by atoms with Crippen molar-refractivity contribution in [2.45, 2.75) is 126 Å². The van der Waals surface area contributed by atoms with Crippen LogP contribution in [0.4, 0.5) is 0 Å². The highest BCUT2D eigenvalue weighted by atomic mass is 35.5. The fourth-order valence-electron chi connectivity index (χ4n) is 4.99. The normalized spacial score (nSPS) is 11.6. The Bertz CT molecular complexity index is 1530. The molecule has 0 atom stereocenters. The van der Waals surface area contributed by atoms with Gasteiger partial charge in [-0.1, -0.05) is 143 Å². The maximum atomic E-state index is 10.4. The monoisotopic (exact) mass is 750 g/mol. The van der Waals surface area contributed by atoms with Gasteiger partial charge >= 0.3 is 0 Å². The molecule has 0 aliphatic carbocycles. The number of benzene rings is 4. The molecule has 0 aliphatic heterocycles. The van der Waals surface area contributed by atoms with Crippen molar-refractivity contribution in [3.63, 3.8) is 0 Å². The minimum Gasteiger partial charge on any atom is -0.298 e. The molecule has 0 bridgehead atoms. The number of halogens is 1. The molecule has 0 aliphatic rings. The Hall–Kier alpha value is -2.11. The summed E-state index contributed by atoms with van der Waals surface area (Å²) in [4.78, 5) is 14.3. The lowest BCUT2D eigenvalue weighted by Gasteiger charge is -2.21. The van der Waals surface area contributed by atoms with E-state index in [0.717, 1.165) is 16.9 Å². The molecule has 5 heteroatoms. The zero-order chi connectivity index (χ0) is 38.5. The van der Waals surface area contributed by atoms with Gasteiger partial charge in [0, 0.05) is 25.3 Å². The first-order valence-electron chi connectivity index (χ1n) is 17.2. The molecule has 4 aromatic carbocycles. The average molecular weight is 752 g/mol. The van der Waals surface area contributed by atoms with Gasteiger partial charge in [-0.2, -0.15) is 0 Å². The standard InChI is InChI=1S/C12H18S.C11H15ClS.C11H14O.C11H16S/c1-9-8-10(13-5)6-7-11(9)12(2,3)4;1-11(2,3)9-6-5-8(13-4)7-10(9)12;1-11(2,3)10-6-4-9(8-12)5-7-10;1-11(2,3)9-5-7-10(12-4)8-6-9/h6-8H,1-5H3;5-7H,1-4H3;4-8H,1-3H3;5-8H,1-4H3. The quantitative estimate of drug-likeness (QED) is 0.152. The number of hydrogen-bond donors (Lipinski definition) is 0. The molecule has 0 unspecified atom stereocenters.